The van der Waals surface area contributed by atoms with Gasteiger partial charge in [0, 0.05) is 12.8 Å². The van der Waals surface area contributed by atoms with E-state index in [1.807, 2.05) is 6.92 Å². The van der Waals surface area contributed by atoms with E-state index >= 15 is 0 Å². The van der Waals surface area contributed by atoms with Crippen LogP contribution in [0.15, 0.2) is 12.3 Å². The van der Waals surface area contributed by atoms with E-state index in [4.69, 9.17) is 27.9 Å². The number of rotatable bonds is 6. The Kier molecular flexibility index (Phi) is 6.03. The van der Waals surface area contributed by atoms with E-state index in [2.05, 4.69) is 24.1 Å². The third-order valence-corrected chi connectivity index (χ3v) is 2.93. The molecule has 0 aliphatic rings. The Morgan fingerprint density at radius 3 is 2.65 bits per heavy atom. The minimum atomic E-state index is 0.182. The van der Waals surface area contributed by atoms with E-state index in [1.165, 1.54) is 0 Å². The number of hydrogen-bond donors (Lipinski definition) is 1. The van der Waals surface area contributed by atoms with Crippen LogP contribution in [0.3, 0.4) is 0 Å². The lowest BCUT2D eigenvalue weighted by atomic mass is 10.1. The maximum Gasteiger partial charge on any atom is 0.145 e. The second-order valence-corrected chi connectivity index (χ2v) is 4.98. The summed E-state index contributed by atoms with van der Waals surface area (Å²) in [6, 6.07) is 1.86. The number of ether oxygens (including phenoxy) is 1. The molecule has 1 atom stereocenters. The predicted molar refractivity (Wildman–Crippen MR) is 73.0 cm³/mol. The molecule has 1 aromatic heterocycles. The zero-order valence-electron chi connectivity index (χ0n) is 10.3. The van der Waals surface area contributed by atoms with Gasteiger partial charge in [-0.1, -0.05) is 37.0 Å². The van der Waals surface area contributed by atoms with Gasteiger partial charge < -0.3 is 10.1 Å². The molecule has 1 rings (SSSR count). The SMILES string of the molecule is CCOCC(Nc1ncc(Cl)cc1Cl)C(C)C. The van der Waals surface area contributed by atoms with Gasteiger partial charge in [0.05, 0.1) is 22.7 Å². The van der Waals surface area contributed by atoms with Crippen LogP contribution in [0.1, 0.15) is 20.8 Å². The Morgan fingerprint density at radius 2 is 2.12 bits per heavy atom. The summed E-state index contributed by atoms with van der Waals surface area (Å²) >= 11 is 11.9. The monoisotopic (exact) mass is 276 g/mol. The van der Waals surface area contributed by atoms with Crippen molar-refractivity contribution in [1.29, 1.82) is 0 Å². The van der Waals surface area contributed by atoms with Gasteiger partial charge in [-0.15, -0.1) is 0 Å². The summed E-state index contributed by atoms with van der Waals surface area (Å²) in [6.45, 7) is 7.56. The van der Waals surface area contributed by atoms with Crippen molar-refractivity contribution in [2.24, 2.45) is 5.92 Å². The fourth-order valence-electron chi connectivity index (χ4n) is 1.34. The Bertz CT molecular complexity index is 358. The van der Waals surface area contributed by atoms with Crippen molar-refractivity contribution in [3.05, 3.63) is 22.3 Å². The Hall–Kier alpha value is -0.510. The van der Waals surface area contributed by atoms with Gasteiger partial charge in [0.2, 0.25) is 0 Å². The smallest absolute Gasteiger partial charge is 0.145 e. The first-order valence-corrected chi connectivity index (χ1v) is 6.45. The second-order valence-electron chi connectivity index (χ2n) is 4.14. The highest BCUT2D eigenvalue weighted by molar-refractivity contribution is 6.35. The first-order chi connectivity index (χ1) is 8.04. The average molecular weight is 277 g/mol. The summed E-state index contributed by atoms with van der Waals surface area (Å²) in [5.41, 5.74) is 0. The first-order valence-electron chi connectivity index (χ1n) is 5.70. The van der Waals surface area contributed by atoms with Gasteiger partial charge in [0.25, 0.3) is 0 Å². The third-order valence-electron chi connectivity index (χ3n) is 2.44. The summed E-state index contributed by atoms with van der Waals surface area (Å²) in [5.74, 6) is 1.07. The molecule has 0 aliphatic heterocycles. The summed E-state index contributed by atoms with van der Waals surface area (Å²) < 4.78 is 5.43. The molecule has 1 unspecified atom stereocenters. The molecule has 1 heterocycles. The maximum atomic E-state index is 6.06. The molecule has 1 aromatic rings. The number of pyridine rings is 1. The standard InChI is InChI=1S/C12H18Cl2N2O/c1-4-17-7-11(8(2)3)16-12-10(14)5-9(13)6-15-12/h5-6,8,11H,4,7H2,1-3H3,(H,15,16). The molecule has 0 saturated heterocycles. The van der Waals surface area contributed by atoms with Crippen LogP contribution in [0.2, 0.25) is 10.0 Å². The highest BCUT2D eigenvalue weighted by Crippen LogP contribution is 2.24. The molecule has 0 bridgehead atoms. The highest BCUT2D eigenvalue weighted by Gasteiger charge is 2.15. The van der Waals surface area contributed by atoms with Gasteiger partial charge in [-0.05, 0) is 18.9 Å². The fourth-order valence-corrected chi connectivity index (χ4v) is 1.78. The number of anilines is 1. The van der Waals surface area contributed by atoms with E-state index in [0.29, 0.717) is 35.0 Å². The number of nitrogens with one attached hydrogen (secondary N) is 1. The molecule has 0 radical (unpaired) electrons. The van der Waals surface area contributed by atoms with Crippen molar-refractivity contribution in [2.75, 3.05) is 18.5 Å². The molecule has 5 heteroatoms. The summed E-state index contributed by atoms with van der Waals surface area (Å²) in [7, 11) is 0. The normalized spacial score (nSPS) is 12.8. The Balaban J connectivity index is 2.71. The minimum Gasteiger partial charge on any atom is -0.380 e. The lowest BCUT2D eigenvalue weighted by Crippen LogP contribution is -2.31. The number of hydrogen-bond acceptors (Lipinski definition) is 3. The van der Waals surface area contributed by atoms with Gasteiger partial charge in [0.15, 0.2) is 0 Å². The fraction of sp³-hybridized carbons (Fsp3) is 0.583. The van der Waals surface area contributed by atoms with E-state index in [0.717, 1.165) is 0 Å². The molecule has 1 N–H and O–H groups in total. The molecule has 0 saturated carbocycles. The van der Waals surface area contributed by atoms with E-state index in [1.54, 1.807) is 12.3 Å². The lowest BCUT2D eigenvalue weighted by Gasteiger charge is -2.23. The maximum absolute atomic E-state index is 6.06. The van der Waals surface area contributed by atoms with E-state index in [-0.39, 0.29) is 6.04 Å². The largest absolute Gasteiger partial charge is 0.380 e. The van der Waals surface area contributed by atoms with Crippen LogP contribution < -0.4 is 5.32 Å². The molecule has 0 spiro atoms. The Labute approximate surface area is 112 Å². The zero-order chi connectivity index (χ0) is 12.8. The van der Waals surface area contributed by atoms with Crippen molar-refractivity contribution < 1.29 is 4.74 Å². The first kappa shape index (κ1) is 14.6. The molecule has 0 amide bonds. The van der Waals surface area contributed by atoms with E-state index in [9.17, 15) is 0 Å². The number of nitrogens with zero attached hydrogens (tertiary/aromatic N) is 1. The van der Waals surface area contributed by atoms with Crippen LogP contribution in [-0.4, -0.2) is 24.2 Å². The lowest BCUT2D eigenvalue weighted by molar-refractivity contribution is 0.126. The van der Waals surface area contributed by atoms with Crippen molar-refractivity contribution in [1.82, 2.24) is 4.98 Å². The second kappa shape index (κ2) is 7.04. The van der Waals surface area contributed by atoms with Crippen molar-refractivity contribution in [3.63, 3.8) is 0 Å². The molecule has 0 aliphatic carbocycles. The van der Waals surface area contributed by atoms with Crippen LogP contribution in [0.5, 0.6) is 0 Å². The zero-order valence-corrected chi connectivity index (χ0v) is 11.8. The molecular weight excluding hydrogens is 259 g/mol. The van der Waals surface area contributed by atoms with Crippen LogP contribution in [-0.2, 0) is 4.74 Å². The molecule has 0 aromatic carbocycles. The van der Waals surface area contributed by atoms with Crippen LogP contribution >= 0.6 is 23.2 Å². The van der Waals surface area contributed by atoms with Gasteiger partial charge in [-0.3, -0.25) is 0 Å². The van der Waals surface area contributed by atoms with E-state index < -0.39 is 0 Å². The summed E-state index contributed by atoms with van der Waals surface area (Å²) in [4.78, 5) is 4.18. The van der Waals surface area contributed by atoms with Crippen LogP contribution in [0.4, 0.5) is 5.82 Å². The summed E-state index contributed by atoms with van der Waals surface area (Å²) in [5, 5.41) is 4.34. The van der Waals surface area contributed by atoms with Gasteiger partial charge >= 0.3 is 0 Å². The van der Waals surface area contributed by atoms with Crippen LogP contribution in [0, 0.1) is 5.92 Å². The van der Waals surface area contributed by atoms with Gasteiger partial charge in [0.1, 0.15) is 5.82 Å². The number of halogens is 2. The molecule has 3 nitrogen and oxygen atoms in total. The Morgan fingerprint density at radius 1 is 1.41 bits per heavy atom. The quantitative estimate of drug-likeness (QED) is 0.857. The summed E-state index contributed by atoms with van der Waals surface area (Å²) in [6.07, 6.45) is 1.58. The van der Waals surface area contributed by atoms with Crippen molar-refractivity contribution in [3.8, 4) is 0 Å². The number of aromatic nitrogens is 1. The highest BCUT2D eigenvalue weighted by atomic mass is 35.5. The molecule has 17 heavy (non-hydrogen) atoms. The molecule has 96 valence electrons. The van der Waals surface area contributed by atoms with Gasteiger partial charge in [-0.25, -0.2) is 4.98 Å². The topological polar surface area (TPSA) is 34.1 Å². The third kappa shape index (κ3) is 4.70. The molecule has 0 fully saturated rings. The van der Waals surface area contributed by atoms with Crippen LogP contribution in [0.25, 0.3) is 0 Å². The predicted octanol–water partition coefficient (Wildman–Crippen LogP) is 3.86. The minimum absolute atomic E-state index is 0.182. The van der Waals surface area contributed by atoms with Crippen molar-refractivity contribution in [2.45, 2.75) is 26.8 Å². The molecular formula is C12H18Cl2N2O. The average Bonchev–Trinajstić information content (AvgIpc) is 2.26. The van der Waals surface area contributed by atoms with Crippen molar-refractivity contribution >= 4 is 29.0 Å². The van der Waals surface area contributed by atoms with Gasteiger partial charge in [-0.2, -0.15) is 0 Å².